The Bertz CT molecular complexity index is 1220. The highest BCUT2D eigenvalue weighted by atomic mass is 16.5. The Morgan fingerprint density at radius 2 is 1.48 bits per heavy atom. The summed E-state index contributed by atoms with van der Waals surface area (Å²) < 4.78 is 7.11. The number of benzene rings is 3. The van der Waals surface area contributed by atoms with Gasteiger partial charge >= 0.3 is 0 Å². The molecule has 0 saturated heterocycles. The van der Waals surface area contributed by atoms with E-state index in [0.717, 1.165) is 11.1 Å². The summed E-state index contributed by atoms with van der Waals surface area (Å²) in [6, 6.07) is 26.0. The van der Waals surface area contributed by atoms with E-state index in [1.807, 2.05) is 67.6 Å². The number of aromatic nitrogens is 2. The normalized spacial score (nSPS) is 10.5. The lowest BCUT2D eigenvalue weighted by Crippen LogP contribution is -2.41. The largest absolute Gasteiger partial charge is 0.494 e. The first-order chi connectivity index (χ1) is 16.1. The minimum absolute atomic E-state index is 0.365. The first-order valence-corrected chi connectivity index (χ1v) is 10.6. The second-order valence-corrected chi connectivity index (χ2v) is 7.31. The number of carbonyl (C=O) groups is 2. The summed E-state index contributed by atoms with van der Waals surface area (Å²) in [5, 5.41) is 4.64. The van der Waals surface area contributed by atoms with E-state index in [0.29, 0.717) is 35.7 Å². The van der Waals surface area contributed by atoms with Crippen molar-refractivity contribution < 1.29 is 14.3 Å². The number of amides is 2. The molecule has 7 nitrogen and oxygen atoms in total. The highest BCUT2D eigenvalue weighted by Crippen LogP contribution is 2.22. The first kappa shape index (κ1) is 21.8. The molecule has 33 heavy (non-hydrogen) atoms. The highest BCUT2D eigenvalue weighted by molar-refractivity contribution is 6.02. The number of hydrazine groups is 1. The van der Waals surface area contributed by atoms with Crippen LogP contribution in [0.4, 0.5) is 0 Å². The standard InChI is InChI=1S/C26H24N4O3/c1-2-33-22-15-13-21(14-16-22)25(31)27-28-26(32)23-18-30(17-19-9-5-3-6-10-19)29-24(23)20-11-7-4-8-12-20/h3-16,18H,2,17H2,1H3,(H,27,31)(H,28,32). The average Bonchev–Trinajstić information content (AvgIpc) is 3.28. The molecule has 0 aliphatic carbocycles. The molecule has 2 amide bonds. The van der Waals surface area contributed by atoms with Gasteiger partial charge in [0.25, 0.3) is 11.8 Å². The van der Waals surface area contributed by atoms with Crippen molar-refractivity contribution in [2.45, 2.75) is 13.5 Å². The molecule has 0 radical (unpaired) electrons. The number of nitrogens with zero attached hydrogens (tertiary/aromatic N) is 2. The molecule has 7 heteroatoms. The predicted molar refractivity (Wildman–Crippen MR) is 126 cm³/mol. The van der Waals surface area contributed by atoms with Crippen molar-refractivity contribution >= 4 is 11.8 Å². The molecule has 0 spiro atoms. The number of nitrogens with one attached hydrogen (secondary N) is 2. The Kier molecular flexibility index (Phi) is 6.80. The maximum absolute atomic E-state index is 13.0. The Morgan fingerprint density at radius 1 is 0.848 bits per heavy atom. The van der Waals surface area contributed by atoms with Crippen molar-refractivity contribution in [1.29, 1.82) is 0 Å². The van der Waals surface area contributed by atoms with Crippen LogP contribution in [0.5, 0.6) is 5.75 Å². The van der Waals surface area contributed by atoms with Gasteiger partial charge in [-0.1, -0.05) is 60.7 Å². The van der Waals surface area contributed by atoms with Crippen LogP contribution < -0.4 is 15.6 Å². The molecule has 0 atom stereocenters. The molecule has 0 aliphatic heterocycles. The van der Waals surface area contributed by atoms with Crippen LogP contribution in [0.1, 0.15) is 33.2 Å². The van der Waals surface area contributed by atoms with E-state index in [9.17, 15) is 9.59 Å². The number of rotatable bonds is 7. The van der Waals surface area contributed by atoms with E-state index >= 15 is 0 Å². The van der Waals surface area contributed by atoms with E-state index in [1.54, 1.807) is 35.1 Å². The zero-order valence-electron chi connectivity index (χ0n) is 18.2. The Balaban J connectivity index is 1.51. The van der Waals surface area contributed by atoms with Gasteiger partial charge in [0.1, 0.15) is 11.4 Å². The lowest BCUT2D eigenvalue weighted by atomic mass is 10.1. The quantitative estimate of drug-likeness (QED) is 0.424. The third-order valence-corrected chi connectivity index (χ3v) is 4.96. The molecule has 1 aromatic heterocycles. The molecule has 0 unspecified atom stereocenters. The van der Waals surface area contributed by atoms with Crippen LogP contribution in [-0.2, 0) is 6.54 Å². The van der Waals surface area contributed by atoms with Gasteiger partial charge in [-0.25, -0.2) is 0 Å². The number of hydrogen-bond donors (Lipinski definition) is 2. The molecule has 0 fully saturated rings. The van der Waals surface area contributed by atoms with Crippen LogP contribution in [0.15, 0.2) is 91.1 Å². The molecule has 4 aromatic rings. The van der Waals surface area contributed by atoms with Crippen molar-refractivity contribution in [2.75, 3.05) is 6.61 Å². The molecule has 0 aliphatic rings. The number of carbonyl (C=O) groups excluding carboxylic acids is 2. The highest BCUT2D eigenvalue weighted by Gasteiger charge is 2.19. The molecule has 3 aromatic carbocycles. The van der Waals surface area contributed by atoms with Gasteiger partial charge in [0.15, 0.2) is 0 Å². The van der Waals surface area contributed by atoms with Gasteiger partial charge in [0.05, 0.1) is 18.7 Å². The molecule has 1 heterocycles. The van der Waals surface area contributed by atoms with Gasteiger partial charge in [-0.3, -0.25) is 25.1 Å². The summed E-state index contributed by atoms with van der Waals surface area (Å²) >= 11 is 0. The molecule has 0 bridgehead atoms. The maximum atomic E-state index is 13.0. The summed E-state index contributed by atoms with van der Waals surface area (Å²) in [5.74, 6) is -0.201. The van der Waals surface area contributed by atoms with Gasteiger partial charge in [0, 0.05) is 17.3 Å². The molecule has 4 rings (SSSR count). The van der Waals surface area contributed by atoms with E-state index in [4.69, 9.17) is 4.74 Å². The van der Waals surface area contributed by atoms with Gasteiger partial charge in [0.2, 0.25) is 0 Å². The fourth-order valence-electron chi connectivity index (χ4n) is 3.37. The fourth-order valence-corrected chi connectivity index (χ4v) is 3.37. The van der Waals surface area contributed by atoms with Crippen molar-refractivity contribution in [3.63, 3.8) is 0 Å². The lowest BCUT2D eigenvalue weighted by molar-refractivity contribution is 0.0847. The van der Waals surface area contributed by atoms with Crippen LogP contribution in [0.25, 0.3) is 11.3 Å². The smallest absolute Gasteiger partial charge is 0.273 e. The second-order valence-electron chi connectivity index (χ2n) is 7.31. The zero-order valence-corrected chi connectivity index (χ0v) is 18.2. The summed E-state index contributed by atoms with van der Waals surface area (Å²) in [5.41, 5.74) is 8.16. The van der Waals surface area contributed by atoms with Gasteiger partial charge < -0.3 is 4.74 Å². The van der Waals surface area contributed by atoms with Crippen molar-refractivity contribution in [2.24, 2.45) is 0 Å². The fraction of sp³-hybridized carbons (Fsp3) is 0.115. The van der Waals surface area contributed by atoms with Crippen LogP contribution in [0.3, 0.4) is 0 Å². The Labute approximate surface area is 192 Å². The number of hydrogen-bond acceptors (Lipinski definition) is 4. The van der Waals surface area contributed by atoms with Gasteiger partial charge in [-0.15, -0.1) is 0 Å². The van der Waals surface area contributed by atoms with Crippen LogP contribution in [0.2, 0.25) is 0 Å². The summed E-state index contributed by atoms with van der Waals surface area (Å²) in [4.78, 5) is 25.4. The minimum atomic E-state index is -0.451. The molecule has 0 saturated carbocycles. The Morgan fingerprint density at radius 3 is 2.15 bits per heavy atom. The molecule has 166 valence electrons. The summed E-state index contributed by atoms with van der Waals surface area (Å²) in [6.45, 7) is 2.96. The van der Waals surface area contributed by atoms with Gasteiger partial charge in [-0.2, -0.15) is 5.10 Å². The minimum Gasteiger partial charge on any atom is -0.494 e. The van der Waals surface area contributed by atoms with Crippen molar-refractivity contribution in [1.82, 2.24) is 20.6 Å². The van der Waals surface area contributed by atoms with Gasteiger partial charge in [-0.05, 0) is 36.8 Å². The van der Waals surface area contributed by atoms with Crippen LogP contribution in [0, 0.1) is 0 Å². The maximum Gasteiger partial charge on any atom is 0.273 e. The number of ether oxygens (including phenoxy) is 1. The predicted octanol–water partition coefficient (Wildman–Crippen LogP) is 4.07. The van der Waals surface area contributed by atoms with Crippen molar-refractivity contribution in [3.8, 4) is 17.0 Å². The second kappa shape index (κ2) is 10.3. The van der Waals surface area contributed by atoms with Crippen molar-refractivity contribution in [3.05, 3.63) is 108 Å². The van der Waals surface area contributed by atoms with E-state index in [-0.39, 0.29) is 0 Å². The summed E-state index contributed by atoms with van der Waals surface area (Å²) in [6.07, 6.45) is 1.69. The zero-order chi connectivity index (χ0) is 23.0. The molecular weight excluding hydrogens is 416 g/mol. The SMILES string of the molecule is CCOc1ccc(C(=O)NNC(=O)c2cn(Cc3ccccc3)nc2-c2ccccc2)cc1. The lowest BCUT2D eigenvalue weighted by Gasteiger charge is -2.08. The molecular formula is C26H24N4O3. The van der Waals surface area contributed by atoms with Crippen LogP contribution in [-0.4, -0.2) is 28.2 Å². The molecule has 2 N–H and O–H groups in total. The van der Waals surface area contributed by atoms with Crippen LogP contribution >= 0.6 is 0 Å². The monoisotopic (exact) mass is 440 g/mol. The summed E-state index contributed by atoms with van der Waals surface area (Å²) in [7, 11) is 0. The third kappa shape index (κ3) is 5.46. The van der Waals surface area contributed by atoms with E-state index in [2.05, 4.69) is 16.0 Å². The third-order valence-electron chi connectivity index (χ3n) is 4.96. The Hall–Kier alpha value is -4.39. The first-order valence-electron chi connectivity index (χ1n) is 10.6. The van der Waals surface area contributed by atoms with E-state index < -0.39 is 11.8 Å². The average molecular weight is 441 g/mol. The topological polar surface area (TPSA) is 85.3 Å². The van der Waals surface area contributed by atoms with E-state index in [1.165, 1.54) is 0 Å².